The third kappa shape index (κ3) is 1.46. The van der Waals surface area contributed by atoms with Crippen molar-refractivity contribution in [1.29, 1.82) is 5.26 Å². The molecule has 4 rings (SSSR count). The first-order chi connectivity index (χ1) is 9.79. The van der Waals surface area contributed by atoms with E-state index in [1.807, 2.05) is 23.9 Å². The highest BCUT2D eigenvalue weighted by molar-refractivity contribution is 7.98. The van der Waals surface area contributed by atoms with Crippen molar-refractivity contribution in [2.45, 2.75) is 10.6 Å². The predicted molar refractivity (Wildman–Crippen MR) is 82.6 cm³/mol. The molecule has 0 atom stereocenters. The van der Waals surface area contributed by atoms with Crippen LogP contribution in [0, 0.1) is 11.3 Å². The van der Waals surface area contributed by atoms with Crippen molar-refractivity contribution in [3.63, 3.8) is 0 Å². The summed E-state index contributed by atoms with van der Waals surface area (Å²) in [7, 11) is 2.11. The molecular weight excluding hydrogens is 264 g/mol. The normalized spacial score (nSPS) is 12.8. The van der Waals surface area contributed by atoms with Crippen LogP contribution in [0.15, 0.2) is 47.4 Å². The monoisotopic (exact) mass is 276 g/mol. The summed E-state index contributed by atoms with van der Waals surface area (Å²) < 4.78 is 2.25. The zero-order valence-corrected chi connectivity index (χ0v) is 11.9. The van der Waals surface area contributed by atoms with E-state index in [0.29, 0.717) is 0 Å². The molecule has 2 heterocycles. The summed E-state index contributed by atoms with van der Waals surface area (Å²) >= 11 is 1.88. The molecule has 0 saturated heterocycles. The van der Waals surface area contributed by atoms with Gasteiger partial charge in [-0.1, -0.05) is 18.2 Å². The Kier molecular flexibility index (Phi) is 2.42. The van der Waals surface area contributed by atoms with Crippen LogP contribution in [0.5, 0.6) is 0 Å². The van der Waals surface area contributed by atoms with Crippen LogP contribution in [0.1, 0.15) is 11.1 Å². The lowest BCUT2D eigenvalue weighted by Gasteiger charge is -2.17. The minimum atomic E-state index is 0.731. The van der Waals surface area contributed by atoms with Gasteiger partial charge in [-0.25, -0.2) is 0 Å². The molecule has 0 bridgehead atoms. The molecule has 3 aromatic rings. The molecule has 20 heavy (non-hydrogen) atoms. The van der Waals surface area contributed by atoms with Crippen LogP contribution in [0.3, 0.4) is 0 Å². The van der Waals surface area contributed by atoms with E-state index in [2.05, 4.69) is 48.0 Å². The number of hydrogen-bond donors (Lipinski definition) is 0. The number of nitrogens with zero attached hydrogens (tertiary/aromatic N) is 2. The zero-order chi connectivity index (χ0) is 13.7. The first-order valence-electron chi connectivity index (χ1n) is 6.53. The Morgan fingerprint density at radius 3 is 2.90 bits per heavy atom. The molecule has 1 aliphatic heterocycles. The highest BCUT2D eigenvalue weighted by atomic mass is 32.2. The van der Waals surface area contributed by atoms with Gasteiger partial charge < -0.3 is 4.57 Å². The Morgan fingerprint density at radius 2 is 2.05 bits per heavy atom. The number of aromatic nitrogens is 1. The second-order valence-corrected chi connectivity index (χ2v) is 6.03. The predicted octanol–water partition coefficient (Wildman–Crippen LogP) is 4.32. The van der Waals surface area contributed by atoms with Crippen LogP contribution < -0.4 is 0 Å². The number of nitriles is 1. The van der Waals surface area contributed by atoms with E-state index in [9.17, 15) is 0 Å². The summed E-state index contributed by atoms with van der Waals surface area (Å²) in [6.45, 7) is 0. The number of aryl methyl sites for hydroxylation is 1. The Labute approximate surface area is 121 Å². The third-order valence-electron chi connectivity index (χ3n) is 3.95. The maximum atomic E-state index is 9.10. The summed E-state index contributed by atoms with van der Waals surface area (Å²) in [4.78, 5) is 1.34. The molecule has 96 valence electrons. The van der Waals surface area contributed by atoms with Crippen molar-refractivity contribution in [3.8, 4) is 17.3 Å². The molecule has 0 N–H and O–H groups in total. The fourth-order valence-corrected chi connectivity index (χ4v) is 4.10. The van der Waals surface area contributed by atoms with Crippen LogP contribution in [0.25, 0.3) is 22.2 Å². The average Bonchev–Trinajstić information content (AvgIpc) is 2.80. The smallest absolute Gasteiger partial charge is 0.0991 e. The lowest BCUT2D eigenvalue weighted by Crippen LogP contribution is -1.98. The van der Waals surface area contributed by atoms with E-state index in [1.165, 1.54) is 32.6 Å². The van der Waals surface area contributed by atoms with Crippen molar-refractivity contribution in [2.24, 2.45) is 7.05 Å². The number of hydrogen-bond acceptors (Lipinski definition) is 2. The quantitative estimate of drug-likeness (QED) is 0.611. The number of fused-ring (bicyclic) bond motifs is 5. The second-order valence-electron chi connectivity index (χ2n) is 5.01. The highest BCUT2D eigenvalue weighted by Gasteiger charge is 2.23. The Bertz CT molecular complexity index is 884. The molecule has 0 fully saturated rings. The van der Waals surface area contributed by atoms with Crippen LogP contribution in [-0.4, -0.2) is 4.57 Å². The first-order valence-corrected chi connectivity index (χ1v) is 7.52. The summed E-state index contributed by atoms with van der Waals surface area (Å²) in [6, 6.07) is 16.8. The molecule has 0 amide bonds. The summed E-state index contributed by atoms with van der Waals surface area (Å²) in [5.41, 5.74) is 5.88. The van der Waals surface area contributed by atoms with Crippen LogP contribution >= 0.6 is 11.8 Å². The molecule has 2 nitrogen and oxygen atoms in total. The van der Waals surface area contributed by atoms with Gasteiger partial charge in [0.05, 0.1) is 17.3 Å². The zero-order valence-electron chi connectivity index (χ0n) is 11.1. The van der Waals surface area contributed by atoms with E-state index in [4.69, 9.17) is 5.26 Å². The number of thioether (sulfide) groups is 1. The Balaban J connectivity index is 2.12. The van der Waals surface area contributed by atoms with Gasteiger partial charge in [-0.15, -0.1) is 11.8 Å². The standard InChI is InChI=1S/C17H12N2S/c1-19-15-7-6-11(9-18)8-13(15)14-10-20-16-5-3-2-4-12(16)17(14)19/h2-8H,10H2,1H3. The summed E-state index contributed by atoms with van der Waals surface area (Å²) in [5.74, 6) is 0.971. The topological polar surface area (TPSA) is 28.7 Å². The lowest BCUT2D eigenvalue weighted by molar-refractivity contribution is 0.966. The van der Waals surface area contributed by atoms with Crippen LogP contribution in [0.2, 0.25) is 0 Å². The van der Waals surface area contributed by atoms with Gasteiger partial charge in [0, 0.05) is 34.2 Å². The molecule has 3 heteroatoms. The lowest BCUT2D eigenvalue weighted by atomic mass is 10.0. The SMILES string of the molecule is Cn1c2c(c3cc(C#N)ccc31)CSc1ccccc1-2. The first kappa shape index (κ1) is 11.6. The van der Waals surface area contributed by atoms with Crippen molar-refractivity contribution in [2.75, 3.05) is 0 Å². The second kappa shape index (κ2) is 4.16. The maximum Gasteiger partial charge on any atom is 0.0991 e. The van der Waals surface area contributed by atoms with E-state index >= 15 is 0 Å². The molecule has 1 aromatic heterocycles. The van der Waals surface area contributed by atoms with Gasteiger partial charge in [-0.2, -0.15) is 5.26 Å². The number of rotatable bonds is 0. The van der Waals surface area contributed by atoms with Crippen molar-refractivity contribution < 1.29 is 0 Å². The number of benzene rings is 2. The summed E-state index contributed by atoms with van der Waals surface area (Å²) in [5, 5.41) is 10.3. The van der Waals surface area contributed by atoms with Gasteiger partial charge in [-0.3, -0.25) is 0 Å². The van der Waals surface area contributed by atoms with Crippen LogP contribution in [0.4, 0.5) is 0 Å². The Hall–Kier alpha value is -2.18. The van der Waals surface area contributed by atoms with Gasteiger partial charge in [-0.05, 0) is 29.8 Å². The van der Waals surface area contributed by atoms with E-state index in [0.717, 1.165) is 11.3 Å². The molecule has 0 aliphatic carbocycles. The fourth-order valence-electron chi connectivity index (χ4n) is 3.02. The van der Waals surface area contributed by atoms with Crippen molar-refractivity contribution >= 4 is 22.7 Å². The van der Waals surface area contributed by atoms with Gasteiger partial charge in [0.15, 0.2) is 0 Å². The Morgan fingerprint density at radius 1 is 1.20 bits per heavy atom. The average molecular weight is 276 g/mol. The van der Waals surface area contributed by atoms with Crippen molar-refractivity contribution in [1.82, 2.24) is 4.57 Å². The van der Waals surface area contributed by atoms with Gasteiger partial charge >= 0.3 is 0 Å². The minimum absolute atomic E-state index is 0.731. The molecule has 1 aliphatic rings. The van der Waals surface area contributed by atoms with Gasteiger partial charge in [0.2, 0.25) is 0 Å². The maximum absolute atomic E-state index is 9.10. The fraction of sp³-hybridized carbons (Fsp3) is 0.118. The van der Waals surface area contributed by atoms with E-state index in [-0.39, 0.29) is 0 Å². The van der Waals surface area contributed by atoms with E-state index < -0.39 is 0 Å². The van der Waals surface area contributed by atoms with Gasteiger partial charge in [0.25, 0.3) is 0 Å². The molecular formula is C17H12N2S. The highest BCUT2D eigenvalue weighted by Crippen LogP contribution is 2.45. The van der Waals surface area contributed by atoms with Gasteiger partial charge in [0.1, 0.15) is 0 Å². The third-order valence-corrected chi connectivity index (χ3v) is 5.05. The van der Waals surface area contributed by atoms with Crippen LogP contribution in [-0.2, 0) is 12.8 Å². The molecule has 0 radical (unpaired) electrons. The summed E-state index contributed by atoms with van der Waals surface area (Å²) in [6.07, 6.45) is 0. The minimum Gasteiger partial charge on any atom is -0.343 e. The largest absolute Gasteiger partial charge is 0.343 e. The molecule has 0 saturated carbocycles. The molecule has 0 spiro atoms. The van der Waals surface area contributed by atoms with E-state index in [1.54, 1.807) is 0 Å². The van der Waals surface area contributed by atoms with Crippen molar-refractivity contribution in [3.05, 3.63) is 53.6 Å². The molecule has 0 unspecified atom stereocenters. The molecule has 2 aromatic carbocycles.